The fourth-order valence-electron chi connectivity index (χ4n) is 2.50. The molecule has 0 rings (SSSR count). The zero-order valence-electron chi connectivity index (χ0n) is 18.3. The lowest BCUT2D eigenvalue weighted by molar-refractivity contribution is -0.128. The summed E-state index contributed by atoms with van der Waals surface area (Å²) in [5.41, 5.74) is 6.29. The van der Waals surface area contributed by atoms with Gasteiger partial charge in [0, 0.05) is 17.9 Å². The second-order valence-corrected chi connectivity index (χ2v) is 8.45. The first-order chi connectivity index (χ1) is 13.3. The molecule has 2 amide bonds. The summed E-state index contributed by atoms with van der Waals surface area (Å²) in [5.74, 6) is 6.07. The number of amides is 2. The smallest absolute Gasteiger partial charge is 0.257 e. The number of hydrogen-bond acceptors (Lipinski definition) is 4. The Bertz CT molecular complexity index is 564. The van der Waals surface area contributed by atoms with Crippen LogP contribution >= 0.6 is 11.8 Å². The van der Waals surface area contributed by atoms with Crippen molar-refractivity contribution in [1.82, 2.24) is 10.7 Å². The summed E-state index contributed by atoms with van der Waals surface area (Å²) in [7, 11) is 0. The summed E-state index contributed by atoms with van der Waals surface area (Å²) in [6, 6.07) is -0.589. The quantitative estimate of drug-likeness (QED) is 0.130. The SMILES string of the molecule is CCCC(=O)N[C@@H](CSC/C=C(\C)CC/C=C(\C)CCC=C(C)C)C(=O)NN. The molecule has 0 aromatic heterocycles. The maximum absolute atomic E-state index is 11.8. The van der Waals surface area contributed by atoms with Crippen molar-refractivity contribution in [3.8, 4) is 0 Å². The van der Waals surface area contributed by atoms with Crippen LogP contribution in [0.1, 0.15) is 73.1 Å². The molecule has 0 aromatic rings. The molecule has 28 heavy (non-hydrogen) atoms. The van der Waals surface area contributed by atoms with Crippen LogP contribution in [0.15, 0.2) is 34.9 Å². The van der Waals surface area contributed by atoms with Crippen LogP contribution in [-0.2, 0) is 9.59 Å². The maximum atomic E-state index is 11.8. The van der Waals surface area contributed by atoms with Gasteiger partial charge >= 0.3 is 0 Å². The second-order valence-electron chi connectivity index (χ2n) is 7.38. The molecule has 0 radical (unpaired) electrons. The van der Waals surface area contributed by atoms with E-state index in [9.17, 15) is 9.59 Å². The van der Waals surface area contributed by atoms with E-state index < -0.39 is 6.04 Å². The van der Waals surface area contributed by atoms with Crippen LogP contribution in [0.2, 0.25) is 0 Å². The van der Waals surface area contributed by atoms with Gasteiger partial charge < -0.3 is 5.32 Å². The summed E-state index contributed by atoms with van der Waals surface area (Å²) < 4.78 is 0. The summed E-state index contributed by atoms with van der Waals surface area (Å²) in [6.07, 6.45) is 12.3. The molecule has 0 saturated carbocycles. The van der Waals surface area contributed by atoms with Crippen LogP contribution in [0.5, 0.6) is 0 Å². The Morgan fingerprint density at radius 1 is 0.964 bits per heavy atom. The Morgan fingerprint density at radius 3 is 2.14 bits per heavy atom. The zero-order valence-corrected chi connectivity index (χ0v) is 19.1. The number of hydrazine groups is 1. The van der Waals surface area contributed by atoms with Gasteiger partial charge in [-0.25, -0.2) is 5.84 Å². The fraction of sp³-hybridized carbons (Fsp3) is 0.636. The van der Waals surface area contributed by atoms with E-state index in [2.05, 4.69) is 56.7 Å². The Labute approximate surface area is 175 Å². The van der Waals surface area contributed by atoms with Crippen molar-refractivity contribution in [2.45, 2.75) is 79.2 Å². The van der Waals surface area contributed by atoms with Crippen LogP contribution in [0.4, 0.5) is 0 Å². The molecule has 4 N–H and O–H groups in total. The predicted octanol–water partition coefficient (Wildman–Crippen LogP) is 4.41. The number of hydrogen-bond donors (Lipinski definition) is 3. The summed E-state index contributed by atoms with van der Waals surface area (Å²) >= 11 is 1.62. The second kappa shape index (κ2) is 16.4. The first-order valence-electron chi connectivity index (χ1n) is 10.1. The summed E-state index contributed by atoms with van der Waals surface area (Å²) in [5, 5.41) is 2.74. The third kappa shape index (κ3) is 14.5. The van der Waals surface area contributed by atoms with Gasteiger partial charge in [0.1, 0.15) is 6.04 Å². The van der Waals surface area contributed by atoms with Crippen molar-refractivity contribution in [3.05, 3.63) is 34.9 Å². The molecule has 0 spiro atoms. The third-order valence-corrected chi connectivity index (χ3v) is 5.20. The lowest BCUT2D eigenvalue weighted by atomic mass is 10.1. The minimum atomic E-state index is -0.589. The number of carbonyl (C=O) groups excluding carboxylic acids is 2. The van der Waals surface area contributed by atoms with Gasteiger partial charge in [-0.1, -0.05) is 41.9 Å². The number of thioether (sulfide) groups is 1. The molecule has 0 saturated heterocycles. The van der Waals surface area contributed by atoms with Crippen LogP contribution in [0.25, 0.3) is 0 Å². The van der Waals surface area contributed by atoms with E-state index in [1.54, 1.807) is 11.8 Å². The first kappa shape index (κ1) is 26.5. The molecule has 6 heteroatoms. The van der Waals surface area contributed by atoms with E-state index in [1.807, 2.05) is 6.92 Å². The van der Waals surface area contributed by atoms with Crippen molar-refractivity contribution in [1.29, 1.82) is 0 Å². The molecule has 0 heterocycles. The van der Waals surface area contributed by atoms with E-state index in [0.29, 0.717) is 12.2 Å². The molecule has 1 atom stereocenters. The monoisotopic (exact) mass is 409 g/mol. The van der Waals surface area contributed by atoms with Crippen LogP contribution in [0, 0.1) is 0 Å². The molecular weight excluding hydrogens is 370 g/mol. The van der Waals surface area contributed by atoms with E-state index in [1.165, 1.54) is 16.7 Å². The molecule has 0 unspecified atom stereocenters. The van der Waals surface area contributed by atoms with Crippen molar-refractivity contribution >= 4 is 23.6 Å². The first-order valence-corrected chi connectivity index (χ1v) is 11.3. The molecular formula is C22H39N3O2S. The Balaban J connectivity index is 4.24. The van der Waals surface area contributed by atoms with Crippen LogP contribution in [-0.4, -0.2) is 29.4 Å². The van der Waals surface area contributed by atoms with Crippen molar-refractivity contribution in [2.24, 2.45) is 5.84 Å². The molecule has 0 aliphatic rings. The Morgan fingerprint density at radius 2 is 1.57 bits per heavy atom. The van der Waals surface area contributed by atoms with Crippen LogP contribution < -0.4 is 16.6 Å². The highest BCUT2D eigenvalue weighted by Crippen LogP contribution is 2.13. The highest BCUT2D eigenvalue weighted by atomic mass is 32.2. The number of carbonyl (C=O) groups is 2. The van der Waals surface area contributed by atoms with Gasteiger partial charge in [-0.2, -0.15) is 11.8 Å². The number of nitrogens with one attached hydrogen (secondary N) is 2. The van der Waals surface area contributed by atoms with Gasteiger partial charge in [-0.3, -0.25) is 15.0 Å². The van der Waals surface area contributed by atoms with Gasteiger partial charge in [-0.15, -0.1) is 0 Å². The average Bonchev–Trinajstić information content (AvgIpc) is 2.63. The highest BCUT2D eigenvalue weighted by Gasteiger charge is 2.19. The standard InChI is InChI=1S/C22H39N3O2S/c1-6-9-21(26)24-20(22(27)25-23)16-28-15-14-19(5)13-8-12-18(4)11-7-10-17(2)3/h10,12,14,20H,6-9,11,13,15-16,23H2,1-5H3,(H,24,26)(H,25,27)/b18-12+,19-14+/t20-/m0/s1. The van der Waals surface area contributed by atoms with E-state index in [-0.39, 0.29) is 11.8 Å². The third-order valence-electron chi connectivity index (χ3n) is 4.23. The normalized spacial score (nSPS) is 13.1. The summed E-state index contributed by atoms with van der Waals surface area (Å²) in [6.45, 7) is 10.5. The lowest BCUT2D eigenvalue weighted by Gasteiger charge is -2.16. The number of nitrogens with two attached hydrogens (primary N) is 1. The largest absolute Gasteiger partial charge is 0.343 e. The van der Waals surface area contributed by atoms with E-state index in [0.717, 1.165) is 37.9 Å². The molecule has 0 aliphatic carbocycles. The minimum absolute atomic E-state index is 0.116. The maximum Gasteiger partial charge on any atom is 0.257 e. The van der Waals surface area contributed by atoms with Crippen molar-refractivity contribution in [3.63, 3.8) is 0 Å². The van der Waals surface area contributed by atoms with Gasteiger partial charge in [-0.05, 0) is 59.8 Å². The number of rotatable bonds is 14. The fourth-order valence-corrected chi connectivity index (χ4v) is 3.51. The topological polar surface area (TPSA) is 84.2 Å². The molecule has 0 aromatic carbocycles. The van der Waals surface area contributed by atoms with Crippen molar-refractivity contribution in [2.75, 3.05) is 11.5 Å². The zero-order chi connectivity index (χ0) is 21.4. The van der Waals surface area contributed by atoms with Crippen molar-refractivity contribution < 1.29 is 9.59 Å². The Hall–Kier alpha value is -1.53. The predicted molar refractivity (Wildman–Crippen MR) is 122 cm³/mol. The lowest BCUT2D eigenvalue weighted by Crippen LogP contribution is -2.50. The number of allylic oxidation sites excluding steroid dienone is 5. The van der Waals surface area contributed by atoms with Gasteiger partial charge in [0.05, 0.1) is 0 Å². The molecule has 0 bridgehead atoms. The highest BCUT2D eigenvalue weighted by molar-refractivity contribution is 7.99. The van der Waals surface area contributed by atoms with E-state index in [4.69, 9.17) is 5.84 Å². The minimum Gasteiger partial charge on any atom is -0.343 e. The van der Waals surface area contributed by atoms with Gasteiger partial charge in [0.15, 0.2) is 0 Å². The van der Waals surface area contributed by atoms with Gasteiger partial charge in [0.2, 0.25) is 5.91 Å². The molecule has 0 aliphatic heterocycles. The average molecular weight is 410 g/mol. The summed E-state index contributed by atoms with van der Waals surface area (Å²) in [4.78, 5) is 23.5. The molecule has 0 fully saturated rings. The van der Waals surface area contributed by atoms with Gasteiger partial charge in [0.25, 0.3) is 5.91 Å². The molecule has 160 valence electrons. The van der Waals surface area contributed by atoms with E-state index >= 15 is 0 Å². The Kier molecular flexibility index (Phi) is 15.5. The molecule has 5 nitrogen and oxygen atoms in total. The van der Waals surface area contributed by atoms with Crippen LogP contribution in [0.3, 0.4) is 0 Å².